The molecular weight excluding hydrogens is 417 g/mol. The zero-order chi connectivity index (χ0) is 23.2. The van der Waals surface area contributed by atoms with Gasteiger partial charge in [-0.1, -0.05) is 48.5 Å². The summed E-state index contributed by atoms with van der Waals surface area (Å²) in [6.07, 6.45) is 1.50. The summed E-state index contributed by atoms with van der Waals surface area (Å²) in [4.78, 5) is 15.5. The van der Waals surface area contributed by atoms with E-state index < -0.39 is 5.82 Å². The summed E-state index contributed by atoms with van der Waals surface area (Å²) in [5, 5.41) is 12.4. The average Bonchev–Trinajstić information content (AvgIpc) is 2.84. The standard InChI is InChI=1S/C27H20FN3O2/c1-18(32)30-16-19-6-5-7-21(14-19)27-26(28)24(15-29)25(17-31-27)20-10-12-23(13-11-20)33-22-8-3-2-4-9-22/h2-14,17H,16H2,1H3,(H,30,32). The van der Waals surface area contributed by atoms with E-state index in [-0.39, 0.29) is 17.2 Å². The maximum absolute atomic E-state index is 15.3. The predicted octanol–water partition coefficient (Wildman–Crippen LogP) is 5.85. The van der Waals surface area contributed by atoms with Crippen LogP contribution in [0.4, 0.5) is 4.39 Å². The molecule has 1 aromatic heterocycles. The van der Waals surface area contributed by atoms with E-state index in [1.165, 1.54) is 13.1 Å². The van der Waals surface area contributed by atoms with Gasteiger partial charge in [-0.15, -0.1) is 0 Å². The number of para-hydroxylation sites is 1. The summed E-state index contributed by atoms with van der Waals surface area (Å²) in [7, 11) is 0. The number of carbonyl (C=O) groups is 1. The number of carbonyl (C=O) groups excluding carboxylic acids is 1. The van der Waals surface area contributed by atoms with Crippen LogP contribution in [0.1, 0.15) is 18.1 Å². The van der Waals surface area contributed by atoms with E-state index in [2.05, 4.69) is 10.3 Å². The third-order valence-electron chi connectivity index (χ3n) is 5.02. The number of nitrogens with zero attached hydrogens (tertiary/aromatic N) is 2. The van der Waals surface area contributed by atoms with Gasteiger partial charge in [-0.3, -0.25) is 9.78 Å². The van der Waals surface area contributed by atoms with Gasteiger partial charge in [0.2, 0.25) is 5.91 Å². The van der Waals surface area contributed by atoms with Gasteiger partial charge in [0.15, 0.2) is 5.82 Å². The minimum atomic E-state index is -0.684. The highest BCUT2D eigenvalue weighted by atomic mass is 19.1. The summed E-state index contributed by atoms with van der Waals surface area (Å²) in [5.74, 6) is 0.502. The van der Waals surface area contributed by atoms with Gasteiger partial charge in [0.05, 0.1) is 5.56 Å². The lowest BCUT2D eigenvalue weighted by atomic mass is 9.99. The van der Waals surface area contributed by atoms with E-state index in [0.29, 0.717) is 34.7 Å². The van der Waals surface area contributed by atoms with Gasteiger partial charge >= 0.3 is 0 Å². The van der Waals surface area contributed by atoms with E-state index in [1.54, 1.807) is 42.5 Å². The van der Waals surface area contributed by atoms with Crippen LogP contribution in [0.3, 0.4) is 0 Å². The number of nitriles is 1. The maximum Gasteiger partial charge on any atom is 0.217 e. The Balaban J connectivity index is 1.63. The molecule has 0 aliphatic carbocycles. The molecule has 0 radical (unpaired) electrons. The van der Waals surface area contributed by atoms with Crippen LogP contribution < -0.4 is 10.1 Å². The van der Waals surface area contributed by atoms with Crippen LogP contribution in [0.15, 0.2) is 85.1 Å². The quantitative estimate of drug-likeness (QED) is 0.410. The Morgan fingerprint density at radius 3 is 2.42 bits per heavy atom. The SMILES string of the molecule is CC(=O)NCc1cccc(-c2ncc(-c3ccc(Oc4ccccc4)cc3)c(C#N)c2F)c1. The first-order valence-corrected chi connectivity index (χ1v) is 10.3. The molecule has 1 heterocycles. The zero-order valence-electron chi connectivity index (χ0n) is 17.9. The monoisotopic (exact) mass is 437 g/mol. The molecule has 162 valence electrons. The summed E-state index contributed by atoms with van der Waals surface area (Å²) in [6.45, 7) is 1.76. The van der Waals surface area contributed by atoms with Crippen molar-refractivity contribution in [3.8, 4) is 40.0 Å². The molecule has 0 fully saturated rings. The van der Waals surface area contributed by atoms with E-state index in [1.807, 2.05) is 42.5 Å². The van der Waals surface area contributed by atoms with Gasteiger partial charge in [0.25, 0.3) is 0 Å². The fourth-order valence-electron chi connectivity index (χ4n) is 3.40. The molecule has 1 amide bonds. The molecule has 1 N–H and O–H groups in total. The number of benzene rings is 3. The lowest BCUT2D eigenvalue weighted by Gasteiger charge is -2.11. The number of amides is 1. The average molecular weight is 437 g/mol. The minimum Gasteiger partial charge on any atom is -0.457 e. The lowest BCUT2D eigenvalue weighted by Crippen LogP contribution is -2.18. The van der Waals surface area contributed by atoms with Crippen molar-refractivity contribution in [3.05, 3.63) is 102 Å². The number of hydrogen-bond acceptors (Lipinski definition) is 4. The van der Waals surface area contributed by atoms with Crippen LogP contribution >= 0.6 is 0 Å². The van der Waals surface area contributed by atoms with Gasteiger partial charge in [-0.05, 0) is 41.5 Å². The van der Waals surface area contributed by atoms with Crippen LogP contribution in [-0.2, 0) is 11.3 Å². The number of rotatable bonds is 6. The normalized spacial score (nSPS) is 10.3. The van der Waals surface area contributed by atoms with Gasteiger partial charge in [0.1, 0.15) is 23.3 Å². The Morgan fingerprint density at radius 2 is 1.73 bits per heavy atom. The highest BCUT2D eigenvalue weighted by Crippen LogP contribution is 2.32. The van der Waals surface area contributed by atoms with Crippen LogP contribution in [0, 0.1) is 17.1 Å². The zero-order valence-corrected chi connectivity index (χ0v) is 17.9. The Labute approximate surface area is 191 Å². The van der Waals surface area contributed by atoms with Crippen LogP contribution in [-0.4, -0.2) is 10.9 Å². The molecule has 5 nitrogen and oxygen atoms in total. The number of nitrogens with one attached hydrogen (secondary N) is 1. The van der Waals surface area contributed by atoms with E-state index in [0.717, 1.165) is 5.56 Å². The predicted molar refractivity (Wildman–Crippen MR) is 124 cm³/mol. The number of ether oxygens (including phenoxy) is 1. The van der Waals surface area contributed by atoms with Crippen molar-refractivity contribution in [1.82, 2.24) is 10.3 Å². The maximum atomic E-state index is 15.3. The fraction of sp³-hybridized carbons (Fsp3) is 0.0741. The summed E-state index contributed by atoms with van der Waals surface area (Å²) >= 11 is 0. The highest BCUT2D eigenvalue weighted by molar-refractivity contribution is 5.75. The largest absolute Gasteiger partial charge is 0.457 e. The molecule has 33 heavy (non-hydrogen) atoms. The van der Waals surface area contributed by atoms with Crippen LogP contribution in [0.5, 0.6) is 11.5 Å². The van der Waals surface area contributed by atoms with Gasteiger partial charge in [-0.25, -0.2) is 4.39 Å². The Kier molecular flexibility index (Phi) is 6.42. The summed E-state index contributed by atoms with van der Waals surface area (Å²) < 4.78 is 21.1. The molecule has 0 unspecified atom stereocenters. The van der Waals surface area contributed by atoms with Crippen molar-refractivity contribution in [3.63, 3.8) is 0 Å². The summed E-state index contributed by atoms with van der Waals surface area (Å²) in [5.41, 5.74) is 2.40. The van der Waals surface area contributed by atoms with Crippen molar-refractivity contribution in [2.45, 2.75) is 13.5 Å². The van der Waals surface area contributed by atoms with E-state index in [9.17, 15) is 10.1 Å². The molecule has 3 aromatic carbocycles. The molecule has 4 rings (SSSR count). The fourth-order valence-corrected chi connectivity index (χ4v) is 3.40. The van der Waals surface area contributed by atoms with Crippen molar-refractivity contribution >= 4 is 5.91 Å². The van der Waals surface area contributed by atoms with Crippen LogP contribution in [0.25, 0.3) is 22.4 Å². The number of halogens is 1. The molecule has 0 atom stereocenters. The number of pyridine rings is 1. The molecule has 6 heteroatoms. The van der Waals surface area contributed by atoms with Crippen molar-refractivity contribution in [2.24, 2.45) is 0 Å². The molecule has 0 aliphatic rings. The van der Waals surface area contributed by atoms with Crippen molar-refractivity contribution in [2.75, 3.05) is 0 Å². The second kappa shape index (κ2) is 9.75. The van der Waals surface area contributed by atoms with E-state index in [4.69, 9.17) is 4.74 Å². The van der Waals surface area contributed by atoms with Gasteiger partial charge in [0, 0.05) is 30.8 Å². The van der Waals surface area contributed by atoms with Gasteiger partial charge in [-0.2, -0.15) is 5.26 Å². The Morgan fingerprint density at radius 1 is 1.00 bits per heavy atom. The third-order valence-corrected chi connectivity index (χ3v) is 5.02. The smallest absolute Gasteiger partial charge is 0.217 e. The second-order valence-corrected chi connectivity index (χ2v) is 7.37. The third kappa shape index (κ3) is 5.05. The first kappa shape index (κ1) is 21.7. The molecule has 0 saturated heterocycles. The number of hydrogen-bond donors (Lipinski definition) is 1. The minimum absolute atomic E-state index is 0.0796. The van der Waals surface area contributed by atoms with Gasteiger partial charge < -0.3 is 10.1 Å². The molecular formula is C27H20FN3O2. The van der Waals surface area contributed by atoms with Crippen molar-refractivity contribution < 1.29 is 13.9 Å². The topological polar surface area (TPSA) is 75.0 Å². The molecule has 4 aromatic rings. The molecule has 0 saturated carbocycles. The van der Waals surface area contributed by atoms with E-state index >= 15 is 4.39 Å². The molecule has 0 bridgehead atoms. The first-order chi connectivity index (χ1) is 16.0. The molecule has 0 aliphatic heterocycles. The van der Waals surface area contributed by atoms with Crippen molar-refractivity contribution in [1.29, 1.82) is 5.26 Å². The Bertz CT molecular complexity index is 1330. The first-order valence-electron chi connectivity index (χ1n) is 10.3. The second-order valence-electron chi connectivity index (χ2n) is 7.37. The number of aromatic nitrogens is 1. The molecule has 0 spiro atoms. The summed E-state index contributed by atoms with van der Waals surface area (Å²) in [6, 6.07) is 25.5. The van der Waals surface area contributed by atoms with Crippen LogP contribution in [0.2, 0.25) is 0 Å². The Hall–Kier alpha value is -4.50. The highest BCUT2D eigenvalue weighted by Gasteiger charge is 2.18. The lowest BCUT2D eigenvalue weighted by molar-refractivity contribution is -0.119.